The van der Waals surface area contributed by atoms with Gasteiger partial charge < -0.3 is 14.4 Å². The van der Waals surface area contributed by atoms with Crippen LogP contribution in [0.2, 0.25) is 0 Å². The van der Waals surface area contributed by atoms with E-state index in [0.717, 1.165) is 17.7 Å². The number of aromatic nitrogens is 1. The number of amides is 1. The van der Waals surface area contributed by atoms with Gasteiger partial charge in [-0.05, 0) is 55.5 Å². The van der Waals surface area contributed by atoms with Crippen molar-refractivity contribution in [3.63, 3.8) is 0 Å². The van der Waals surface area contributed by atoms with E-state index in [0.29, 0.717) is 28.3 Å². The predicted octanol–water partition coefficient (Wildman–Crippen LogP) is 7.02. The first-order valence-electron chi connectivity index (χ1n) is 12.0. The average Bonchev–Trinajstić information content (AvgIpc) is 3.62. The third-order valence-electron chi connectivity index (χ3n) is 6.80. The second-order valence-corrected chi connectivity index (χ2v) is 9.33. The molecule has 2 N–H and O–H groups in total. The number of carbonyl (C=O) groups excluding carboxylic acids is 1. The zero-order valence-electron chi connectivity index (χ0n) is 20.6. The van der Waals surface area contributed by atoms with Gasteiger partial charge in [0.15, 0.2) is 5.76 Å². The Kier molecular flexibility index (Phi) is 6.44. The van der Waals surface area contributed by atoms with Crippen LogP contribution < -0.4 is 5.32 Å². The number of carbonyl (C=O) groups is 2. The summed E-state index contributed by atoms with van der Waals surface area (Å²) >= 11 is 0. The molecule has 194 valence electrons. The largest absolute Gasteiger partial charge is 0.481 e. The Hall–Kier alpha value is -4.53. The number of nitrogens with zero attached hydrogens (tertiary/aromatic N) is 1. The molecule has 1 amide bonds. The van der Waals surface area contributed by atoms with Crippen LogP contribution in [0.3, 0.4) is 0 Å². The minimum Gasteiger partial charge on any atom is -0.481 e. The van der Waals surface area contributed by atoms with Crippen molar-refractivity contribution in [1.82, 2.24) is 5.16 Å². The van der Waals surface area contributed by atoms with Crippen molar-refractivity contribution in [3.8, 4) is 22.5 Å². The lowest BCUT2D eigenvalue weighted by Crippen LogP contribution is -2.22. The number of aliphatic carboxylic acids is 1. The SMILES string of the molecule is Cc1noc(-c2ccc(-c3cc(F)c(C4(C(=O)O)CC4)c(F)c3)cc2)c1NC(=O)O[C@H](C)c1ccccc1. The van der Waals surface area contributed by atoms with Crippen LogP contribution in [0.5, 0.6) is 0 Å². The fourth-order valence-corrected chi connectivity index (χ4v) is 4.50. The number of carboxylic acids is 1. The highest BCUT2D eigenvalue weighted by atomic mass is 19.1. The van der Waals surface area contributed by atoms with E-state index in [4.69, 9.17) is 9.26 Å². The summed E-state index contributed by atoms with van der Waals surface area (Å²) in [6.45, 7) is 3.44. The topological polar surface area (TPSA) is 102 Å². The first-order valence-corrected chi connectivity index (χ1v) is 12.0. The number of ether oxygens (including phenoxy) is 1. The van der Waals surface area contributed by atoms with Gasteiger partial charge in [0.05, 0.1) is 5.41 Å². The Morgan fingerprint density at radius 3 is 2.18 bits per heavy atom. The molecule has 1 fully saturated rings. The summed E-state index contributed by atoms with van der Waals surface area (Å²) in [4.78, 5) is 24.1. The highest BCUT2D eigenvalue weighted by molar-refractivity contribution is 5.91. The highest BCUT2D eigenvalue weighted by Gasteiger charge is 2.55. The standard InChI is InChI=1S/C29H24F2N2O5/c1-16-25(32-28(36)37-17(2)18-6-4-3-5-7-18)26(38-33-16)20-10-8-19(9-11-20)21-14-22(30)24(23(31)15-21)29(12-13-29)27(34)35/h3-11,14-15,17H,12-13H2,1-2H3,(H,32,36)(H,34,35)/t17-/m1/s1. The van der Waals surface area contributed by atoms with Gasteiger partial charge in [-0.2, -0.15) is 0 Å². The van der Waals surface area contributed by atoms with Gasteiger partial charge >= 0.3 is 12.1 Å². The fourth-order valence-electron chi connectivity index (χ4n) is 4.50. The molecule has 1 aliphatic carbocycles. The zero-order valence-corrected chi connectivity index (χ0v) is 20.6. The molecule has 38 heavy (non-hydrogen) atoms. The number of hydrogen-bond donors (Lipinski definition) is 2. The maximum Gasteiger partial charge on any atom is 0.412 e. The predicted molar refractivity (Wildman–Crippen MR) is 136 cm³/mol. The van der Waals surface area contributed by atoms with Crippen LogP contribution in [0.25, 0.3) is 22.5 Å². The molecule has 0 saturated heterocycles. The molecule has 0 spiro atoms. The summed E-state index contributed by atoms with van der Waals surface area (Å²) in [6.07, 6.45) is -0.742. The van der Waals surface area contributed by atoms with Crippen molar-refractivity contribution < 1.29 is 32.7 Å². The molecule has 1 saturated carbocycles. The molecular formula is C29H24F2N2O5. The molecule has 0 aliphatic heterocycles. The molecule has 4 aromatic rings. The molecule has 1 aliphatic rings. The summed E-state index contributed by atoms with van der Waals surface area (Å²) in [7, 11) is 0. The molecule has 1 heterocycles. The van der Waals surface area contributed by atoms with Crippen molar-refractivity contribution >= 4 is 17.7 Å². The van der Waals surface area contributed by atoms with E-state index in [9.17, 15) is 23.5 Å². The average molecular weight is 519 g/mol. The third-order valence-corrected chi connectivity index (χ3v) is 6.80. The number of carboxylic acid groups (broad SMARTS) is 1. The van der Waals surface area contributed by atoms with Gasteiger partial charge in [-0.25, -0.2) is 13.6 Å². The van der Waals surface area contributed by atoms with Crippen LogP contribution in [0, 0.1) is 18.6 Å². The van der Waals surface area contributed by atoms with Crippen molar-refractivity contribution in [2.75, 3.05) is 5.32 Å². The fraction of sp³-hybridized carbons (Fsp3) is 0.207. The lowest BCUT2D eigenvalue weighted by atomic mass is 9.92. The van der Waals surface area contributed by atoms with E-state index in [1.54, 1.807) is 38.1 Å². The zero-order chi connectivity index (χ0) is 27.0. The van der Waals surface area contributed by atoms with Gasteiger partial charge in [0.25, 0.3) is 0 Å². The maximum atomic E-state index is 14.8. The first-order chi connectivity index (χ1) is 18.2. The van der Waals surface area contributed by atoms with Crippen molar-refractivity contribution in [2.45, 2.75) is 38.2 Å². The minimum atomic E-state index is -1.48. The third kappa shape index (κ3) is 4.63. The van der Waals surface area contributed by atoms with Crippen molar-refractivity contribution in [1.29, 1.82) is 0 Å². The summed E-state index contributed by atoms with van der Waals surface area (Å²) in [5.74, 6) is -2.70. The van der Waals surface area contributed by atoms with E-state index in [-0.39, 0.29) is 18.4 Å². The number of anilines is 1. The van der Waals surface area contributed by atoms with Crippen LogP contribution in [0.15, 0.2) is 71.3 Å². The van der Waals surface area contributed by atoms with Gasteiger partial charge in [0, 0.05) is 11.1 Å². The Balaban J connectivity index is 1.35. The van der Waals surface area contributed by atoms with Gasteiger partial charge in [-0.15, -0.1) is 0 Å². The van der Waals surface area contributed by atoms with E-state index in [1.165, 1.54) is 0 Å². The van der Waals surface area contributed by atoms with Crippen LogP contribution in [-0.2, 0) is 14.9 Å². The minimum absolute atomic E-state index is 0.204. The molecular weight excluding hydrogens is 494 g/mol. The van der Waals surface area contributed by atoms with Gasteiger partial charge in [0.2, 0.25) is 0 Å². The second kappa shape index (κ2) is 9.74. The number of nitrogens with one attached hydrogen (secondary N) is 1. The summed E-state index contributed by atoms with van der Waals surface area (Å²) in [6, 6.07) is 18.2. The van der Waals surface area contributed by atoms with Crippen molar-refractivity contribution in [2.24, 2.45) is 0 Å². The molecule has 7 nitrogen and oxygen atoms in total. The number of benzene rings is 3. The van der Waals surface area contributed by atoms with Gasteiger partial charge in [0.1, 0.15) is 29.1 Å². The Morgan fingerprint density at radius 1 is 1.00 bits per heavy atom. The molecule has 3 aromatic carbocycles. The maximum absolute atomic E-state index is 14.8. The quantitative estimate of drug-likeness (QED) is 0.273. The van der Waals surface area contributed by atoms with Crippen LogP contribution in [-0.4, -0.2) is 22.3 Å². The Bertz CT molecular complexity index is 1490. The monoisotopic (exact) mass is 518 g/mol. The van der Waals surface area contributed by atoms with E-state index >= 15 is 0 Å². The Morgan fingerprint density at radius 2 is 1.61 bits per heavy atom. The molecule has 0 unspecified atom stereocenters. The van der Waals surface area contributed by atoms with Gasteiger partial charge in [-0.3, -0.25) is 10.1 Å². The normalized spacial score (nSPS) is 14.5. The first kappa shape index (κ1) is 25.1. The van der Waals surface area contributed by atoms with Crippen LogP contribution in [0.1, 0.15) is 42.7 Å². The highest BCUT2D eigenvalue weighted by Crippen LogP contribution is 2.50. The Labute approximate surface area is 217 Å². The molecule has 9 heteroatoms. The van der Waals surface area contributed by atoms with Crippen molar-refractivity contribution in [3.05, 3.63) is 95.2 Å². The summed E-state index contributed by atoms with van der Waals surface area (Å²) in [5, 5.41) is 16.1. The molecule has 1 aromatic heterocycles. The van der Waals surface area contributed by atoms with Crippen LogP contribution in [0.4, 0.5) is 19.3 Å². The molecule has 1 atom stereocenters. The summed E-state index contributed by atoms with van der Waals surface area (Å²) < 4.78 is 40.6. The lowest BCUT2D eigenvalue weighted by molar-refractivity contribution is -0.140. The second-order valence-electron chi connectivity index (χ2n) is 9.33. The number of halogens is 2. The molecule has 0 radical (unpaired) electrons. The molecule has 0 bridgehead atoms. The summed E-state index contributed by atoms with van der Waals surface area (Å²) in [5.41, 5.74) is 1.10. The molecule has 5 rings (SSSR count). The number of rotatable bonds is 7. The van der Waals surface area contributed by atoms with E-state index in [1.807, 2.05) is 30.3 Å². The van der Waals surface area contributed by atoms with E-state index < -0.39 is 40.8 Å². The van der Waals surface area contributed by atoms with Gasteiger partial charge in [-0.1, -0.05) is 59.8 Å². The van der Waals surface area contributed by atoms with Crippen LogP contribution >= 0.6 is 0 Å². The number of hydrogen-bond acceptors (Lipinski definition) is 5. The van der Waals surface area contributed by atoms with E-state index in [2.05, 4.69) is 10.5 Å². The lowest BCUT2D eigenvalue weighted by Gasteiger charge is -2.15. The number of aryl methyl sites for hydroxylation is 1. The smallest absolute Gasteiger partial charge is 0.412 e.